The number of nitrogens with one attached hydrogen (secondary N) is 2. The highest BCUT2D eigenvalue weighted by Gasteiger charge is 2.14. The van der Waals surface area contributed by atoms with E-state index in [4.69, 9.17) is 0 Å². The number of hydrogen-bond acceptors (Lipinski definition) is 6. The maximum Gasteiger partial charge on any atom is 0.257 e. The molecule has 0 aliphatic rings. The normalized spacial score (nSPS) is 10.6. The van der Waals surface area contributed by atoms with Crippen molar-refractivity contribution in [1.82, 2.24) is 9.97 Å². The van der Waals surface area contributed by atoms with Crippen molar-refractivity contribution in [3.63, 3.8) is 0 Å². The summed E-state index contributed by atoms with van der Waals surface area (Å²) in [5.41, 5.74) is 2.59. The van der Waals surface area contributed by atoms with E-state index in [0.717, 1.165) is 21.1 Å². The Morgan fingerprint density at radius 3 is 1.58 bits per heavy atom. The molecule has 0 fully saturated rings. The molecule has 0 aliphatic carbocycles. The summed E-state index contributed by atoms with van der Waals surface area (Å²) in [5.74, 6) is -0.594. The number of carbonyl (C=O) groups excluding carboxylic acids is 2. The van der Waals surface area contributed by atoms with Crippen LogP contribution in [0.5, 0.6) is 0 Å². The molecule has 0 saturated heterocycles. The average Bonchev–Trinajstić information content (AvgIpc) is 3.08. The van der Waals surface area contributed by atoms with E-state index in [1.54, 1.807) is 24.3 Å². The van der Waals surface area contributed by atoms with Gasteiger partial charge in [-0.1, -0.05) is 6.07 Å². The molecule has 0 saturated carbocycles. The Labute approximate surface area is 159 Å². The number of aryl methyl sites for hydroxylation is 4. The molecule has 0 spiro atoms. The van der Waals surface area contributed by atoms with Gasteiger partial charge in [-0.2, -0.15) is 0 Å². The number of nitrogens with zero attached hydrogens (tertiary/aromatic N) is 2. The van der Waals surface area contributed by atoms with Gasteiger partial charge in [0, 0.05) is 20.9 Å². The van der Waals surface area contributed by atoms with Crippen LogP contribution < -0.4 is 10.6 Å². The van der Waals surface area contributed by atoms with E-state index in [-0.39, 0.29) is 11.8 Å². The minimum atomic E-state index is -0.297. The summed E-state index contributed by atoms with van der Waals surface area (Å²) >= 11 is 2.85. The van der Waals surface area contributed by atoms with E-state index in [9.17, 15) is 9.59 Å². The lowest BCUT2D eigenvalue weighted by molar-refractivity contribution is 0.102. The maximum atomic E-state index is 12.4. The molecule has 0 radical (unpaired) electrons. The lowest BCUT2D eigenvalue weighted by Crippen LogP contribution is -2.15. The highest BCUT2D eigenvalue weighted by molar-refractivity contribution is 7.16. The summed E-state index contributed by atoms with van der Waals surface area (Å²) in [6.45, 7) is 7.70. The summed E-state index contributed by atoms with van der Waals surface area (Å²) in [6, 6.07) is 6.57. The van der Waals surface area contributed by atoms with E-state index >= 15 is 0 Å². The van der Waals surface area contributed by atoms with E-state index in [1.807, 2.05) is 27.7 Å². The summed E-state index contributed by atoms with van der Waals surface area (Å²) in [5, 5.41) is 6.65. The predicted molar refractivity (Wildman–Crippen MR) is 106 cm³/mol. The summed E-state index contributed by atoms with van der Waals surface area (Å²) in [6.07, 6.45) is 0. The number of anilines is 2. The third-order valence-corrected chi connectivity index (χ3v) is 5.86. The van der Waals surface area contributed by atoms with Gasteiger partial charge in [0.05, 0.1) is 11.4 Å². The molecule has 3 rings (SSSR count). The number of aromatic nitrogens is 2. The van der Waals surface area contributed by atoms with Crippen LogP contribution >= 0.6 is 22.7 Å². The van der Waals surface area contributed by atoms with Gasteiger partial charge in [-0.3, -0.25) is 20.2 Å². The lowest BCUT2D eigenvalue weighted by atomic mass is 10.1. The Bertz CT molecular complexity index is 876. The van der Waals surface area contributed by atoms with Crippen molar-refractivity contribution in [2.24, 2.45) is 0 Å². The lowest BCUT2D eigenvalue weighted by Gasteiger charge is -2.05. The van der Waals surface area contributed by atoms with Crippen LogP contribution in [0.15, 0.2) is 24.3 Å². The highest BCUT2D eigenvalue weighted by atomic mass is 32.1. The van der Waals surface area contributed by atoms with Crippen molar-refractivity contribution in [2.45, 2.75) is 27.7 Å². The third kappa shape index (κ3) is 3.97. The first kappa shape index (κ1) is 18.2. The molecule has 0 unspecified atom stereocenters. The topological polar surface area (TPSA) is 84.0 Å². The monoisotopic (exact) mass is 386 g/mol. The Balaban J connectivity index is 1.74. The van der Waals surface area contributed by atoms with Gasteiger partial charge < -0.3 is 0 Å². The molecule has 1 aromatic carbocycles. The molecular formula is C18H18N4O2S2. The number of hydrogen-bond donors (Lipinski definition) is 2. The van der Waals surface area contributed by atoms with Crippen LogP contribution in [-0.4, -0.2) is 21.8 Å². The second-order valence-electron chi connectivity index (χ2n) is 5.81. The van der Waals surface area contributed by atoms with Crippen LogP contribution in [-0.2, 0) is 0 Å². The fourth-order valence-electron chi connectivity index (χ4n) is 2.19. The van der Waals surface area contributed by atoms with Gasteiger partial charge in [-0.05, 0) is 45.9 Å². The zero-order chi connectivity index (χ0) is 18.8. The van der Waals surface area contributed by atoms with Crippen LogP contribution in [0.1, 0.15) is 41.9 Å². The molecular weight excluding hydrogens is 368 g/mol. The van der Waals surface area contributed by atoms with E-state index in [1.165, 1.54) is 22.7 Å². The molecule has 2 amide bonds. The molecule has 6 nitrogen and oxygen atoms in total. The van der Waals surface area contributed by atoms with E-state index < -0.39 is 0 Å². The largest absolute Gasteiger partial charge is 0.298 e. The van der Waals surface area contributed by atoms with Crippen LogP contribution in [0.3, 0.4) is 0 Å². The summed E-state index contributed by atoms with van der Waals surface area (Å²) in [7, 11) is 0. The van der Waals surface area contributed by atoms with Crippen molar-refractivity contribution in [1.29, 1.82) is 0 Å². The van der Waals surface area contributed by atoms with Crippen molar-refractivity contribution >= 4 is 44.8 Å². The van der Waals surface area contributed by atoms with Crippen LogP contribution in [0.2, 0.25) is 0 Å². The average molecular weight is 387 g/mol. The second kappa shape index (κ2) is 7.35. The summed E-state index contributed by atoms with van der Waals surface area (Å²) < 4.78 is 0. The van der Waals surface area contributed by atoms with Gasteiger partial charge in [0.15, 0.2) is 10.3 Å². The van der Waals surface area contributed by atoms with Crippen LogP contribution in [0, 0.1) is 27.7 Å². The summed E-state index contributed by atoms with van der Waals surface area (Å²) in [4.78, 5) is 35.6. The fraction of sp³-hybridized carbons (Fsp3) is 0.222. The Morgan fingerprint density at radius 1 is 0.808 bits per heavy atom. The smallest absolute Gasteiger partial charge is 0.257 e. The Kier molecular flexibility index (Phi) is 5.15. The quantitative estimate of drug-likeness (QED) is 0.699. The molecule has 2 aromatic heterocycles. The number of rotatable bonds is 4. The molecule has 0 atom stereocenters. The molecule has 2 N–H and O–H groups in total. The van der Waals surface area contributed by atoms with Gasteiger partial charge in [0.2, 0.25) is 0 Å². The van der Waals surface area contributed by atoms with Gasteiger partial charge in [0.1, 0.15) is 0 Å². The number of thiazole rings is 2. The first-order valence-electron chi connectivity index (χ1n) is 7.94. The van der Waals surface area contributed by atoms with Gasteiger partial charge in [0.25, 0.3) is 11.8 Å². The SMILES string of the molecule is Cc1nc(NC(=O)c2cccc(C(=O)Nc3nc(C)c(C)s3)c2)sc1C. The highest BCUT2D eigenvalue weighted by Crippen LogP contribution is 2.23. The molecule has 26 heavy (non-hydrogen) atoms. The molecule has 134 valence electrons. The molecule has 0 bridgehead atoms. The van der Waals surface area contributed by atoms with Crippen molar-refractivity contribution in [3.05, 3.63) is 56.5 Å². The Hall–Kier alpha value is -2.58. The molecule has 0 aliphatic heterocycles. The minimum absolute atomic E-state index is 0.297. The zero-order valence-electron chi connectivity index (χ0n) is 14.8. The number of carbonyl (C=O) groups is 2. The first-order chi connectivity index (χ1) is 12.3. The van der Waals surface area contributed by atoms with Gasteiger partial charge >= 0.3 is 0 Å². The molecule has 8 heteroatoms. The minimum Gasteiger partial charge on any atom is -0.298 e. The van der Waals surface area contributed by atoms with Crippen LogP contribution in [0.4, 0.5) is 10.3 Å². The van der Waals surface area contributed by atoms with Gasteiger partial charge in [-0.25, -0.2) is 9.97 Å². The van der Waals surface area contributed by atoms with Gasteiger partial charge in [-0.15, -0.1) is 22.7 Å². The fourth-order valence-corrected chi connectivity index (χ4v) is 3.81. The van der Waals surface area contributed by atoms with Crippen LogP contribution in [0.25, 0.3) is 0 Å². The maximum absolute atomic E-state index is 12.4. The number of amides is 2. The zero-order valence-corrected chi connectivity index (χ0v) is 16.5. The second-order valence-corrected chi connectivity index (χ2v) is 8.22. The van der Waals surface area contributed by atoms with Crippen molar-refractivity contribution < 1.29 is 9.59 Å². The third-order valence-electron chi connectivity index (χ3n) is 3.88. The molecule has 3 aromatic rings. The Morgan fingerprint density at radius 2 is 1.23 bits per heavy atom. The number of benzene rings is 1. The van der Waals surface area contributed by atoms with Crippen molar-refractivity contribution in [3.8, 4) is 0 Å². The van der Waals surface area contributed by atoms with E-state index in [2.05, 4.69) is 20.6 Å². The predicted octanol–water partition coefficient (Wildman–Crippen LogP) is 4.34. The van der Waals surface area contributed by atoms with E-state index in [0.29, 0.717) is 21.4 Å². The first-order valence-corrected chi connectivity index (χ1v) is 9.57. The van der Waals surface area contributed by atoms with Crippen molar-refractivity contribution in [2.75, 3.05) is 10.6 Å². The molecule has 2 heterocycles. The standard InChI is InChI=1S/C18H18N4O2S2/c1-9-11(3)25-17(19-9)21-15(23)13-6-5-7-14(8-13)16(24)22-18-20-10(2)12(4)26-18/h5-8H,1-4H3,(H,19,21,23)(H,20,22,24).